The Morgan fingerprint density at radius 1 is 1.35 bits per heavy atom. The zero-order valence-electron chi connectivity index (χ0n) is 14.3. The van der Waals surface area contributed by atoms with Gasteiger partial charge in [-0.3, -0.25) is 9.69 Å². The zero-order valence-corrected chi connectivity index (χ0v) is 15.3. The lowest BCUT2D eigenvalue weighted by molar-refractivity contribution is -0.127. The largest absolute Gasteiger partial charge is 0.381 e. The molecule has 6 heteroatoms. The van der Waals surface area contributed by atoms with Crippen molar-refractivity contribution >= 4 is 19.8 Å². The van der Waals surface area contributed by atoms with Crippen LogP contribution in [-0.4, -0.2) is 45.5 Å². The Morgan fingerprint density at radius 2 is 2.09 bits per heavy atom. The van der Waals surface area contributed by atoms with E-state index < -0.39 is 13.5 Å². The molecule has 0 radical (unpaired) electrons. The maximum atomic E-state index is 13.1. The molecular formula is C17H26N2O3Si. The molecule has 0 atom stereocenters. The second kappa shape index (κ2) is 6.34. The monoisotopic (exact) mass is 334 g/mol. The summed E-state index contributed by atoms with van der Waals surface area (Å²) >= 11 is 0. The van der Waals surface area contributed by atoms with Crippen LogP contribution in [0.3, 0.4) is 0 Å². The first-order valence-electron chi connectivity index (χ1n) is 8.37. The topological polar surface area (TPSA) is 51.7 Å². The molecule has 0 unspecified atom stereocenters. The van der Waals surface area contributed by atoms with Crippen molar-refractivity contribution in [2.75, 3.05) is 31.5 Å². The fourth-order valence-corrected chi connectivity index (χ4v) is 4.07. The van der Waals surface area contributed by atoms with Gasteiger partial charge >= 0.3 is 0 Å². The van der Waals surface area contributed by atoms with Crippen molar-refractivity contribution in [1.82, 2.24) is 4.98 Å². The van der Waals surface area contributed by atoms with Gasteiger partial charge in [0.15, 0.2) is 0 Å². The number of aromatic nitrogens is 1. The molecule has 3 heterocycles. The summed E-state index contributed by atoms with van der Waals surface area (Å²) in [6, 6.07) is 5.05. The van der Waals surface area contributed by atoms with Crippen molar-refractivity contribution in [1.29, 1.82) is 0 Å². The third kappa shape index (κ3) is 3.20. The summed E-state index contributed by atoms with van der Waals surface area (Å²) in [5, 5.41) is 0. The molecule has 2 aliphatic rings. The predicted molar refractivity (Wildman–Crippen MR) is 92.4 cm³/mol. The second-order valence-electron chi connectivity index (χ2n) is 7.65. The summed E-state index contributed by atoms with van der Waals surface area (Å²) in [5.74, 6) is 0.898. The highest BCUT2D eigenvalue weighted by atomic mass is 28.3. The number of amides is 1. The van der Waals surface area contributed by atoms with Gasteiger partial charge in [-0.15, -0.1) is 0 Å². The van der Waals surface area contributed by atoms with Crippen LogP contribution in [0.5, 0.6) is 0 Å². The van der Waals surface area contributed by atoms with Crippen LogP contribution < -0.4 is 4.90 Å². The van der Waals surface area contributed by atoms with E-state index in [0.717, 1.165) is 30.3 Å². The molecule has 5 nitrogen and oxygen atoms in total. The fourth-order valence-electron chi connectivity index (χ4n) is 3.31. The van der Waals surface area contributed by atoms with E-state index in [0.29, 0.717) is 26.6 Å². The smallest absolute Gasteiger partial charge is 0.241 e. The van der Waals surface area contributed by atoms with Crippen molar-refractivity contribution in [2.24, 2.45) is 0 Å². The number of carbonyl (C=O) groups excluding carboxylic acids is 1. The van der Waals surface area contributed by atoms with Gasteiger partial charge in [-0.25, -0.2) is 4.98 Å². The van der Waals surface area contributed by atoms with E-state index >= 15 is 0 Å². The van der Waals surface area contributed by atoms with E-state index in [4.69, 9.17) is 9.47 Å². The van der Waals surface area contributed by atoms with Crippen LogP contribution in [0.4, 0.5) is 5.82 Å². The minimum absolute atomic E-state index is 0.127. The van der Waals surface area contributed by atoms with Crippen molar-refractivity contribution in [2.45, 2.75) is 43.9 Å². The first-order chi connectivity index (χ1) is 10.9. The third-order valence-corrected chi connectivity index (χ3v) is 6.48. The van der Waals surface area contributed by atoms with Gasteiger partial charge in [0.2, 0.25) is 5.91 Å². The number of hydrogen-bond acceptors (Lipinski definition) is 4. The molecule has 0 N–H and O–H groups in total. The van der Waals surface area contributed by atoms with Crippen LogP contribution in [0.15, 0.2) is 18.3 Å². The number of pyridine rings is 1. The Kier molecular flexibility index (Phi) is 4.58. The number of rotatable bonds is 5. The number of hydrogen-bond donors (Lipinski definition) is 0. The van der Waals surface area contributed by atoms with E-state index in [-0.39, 0.29) is 5.91 Å². The lowest BCUT2D eigenvalue weighted by Gasteiger charge is -2.32. The van der Waals surface area contributed by atoms with Gasteiger partial charge in [-0.2, -0.15) is 0 Å². The molecule has 2 aliphatic heterocycles. The first-order valence-corrected chi connectivity index (χ1v) is 12.1. The predicted octanol–water partition coefficient (Wildman–Crippen LogP) is 2.79. The summed E-state index contributed by atoms with van der Waals surface area (Å²) in [4.78, 5) is 19.3. The van der Waals surface area contributed by atoms with Gasteiger partial charge in [0.25, 0.3) is 0 Å². The van der Waals surface area contributed by atoms with E-state index in [9.17, 15) is 4.79 Å². The maximum absolute atomic E-state index is 13.1. The van der Waals surface area contributed by atoms with Crippen LogP contribution in [0, 0.1) is 0 Å². The number of ether oxygens (including phenoxy) is 2. The SMILES string of the molecule is C[Si](C)(C)CCOCN1C(=O)C2(CCOCC2)c2cccnc21. The Morgan fingerprint density at radius 3 is 2.78 bits per heavy atom. The fraction of sp³-hybridized carbons (Fsp3) is 0.647. The number of fused-ring (bicyclic) bond motifs is 2. The van der Waals surface area contributed by atoms with Gasteiger partial charge in [-0.05, 0) is 25.0 Å². The van der Waals surface area contributed by atoms with Crippen molar-refractivity contribution in [3.8, 4) is 0 Å². The third-order valence-electron chi connectivity index (χ3n) is 4.78. The summed E-state index contributed by atoms with van der Waals surface area (Å²) in [6.07, 6.45) is 3.21. The van der Waals surface area contributed by atoms with Gasteiger partial charge in [0.05, 0.1) is 5.41 Å². The summed E-state index contributed by atoms with van der Waals surface area (Å²) in [5.41, 5.74) is 0.589. The molecule has 1 aromatic rings. The highest BCUT2D eigenvalue weighted by molar-refractivity contribution is 6.76. The minimum atomic E-state index is -1.12. The van der Waals surface area contributed by atoms with Gasteiger partial charge in [0, 0.05) is 39.7 Å². The van der Waals surface area contributed by atoms with Crippen molar-refractivity contribution in [3.63, 3.8) is 0 Å². The molecule has 3 rings (SSSR count). The Balaban J connectivity index is 1.75. The normalized spacial score (nSPS) is 20.1. The summed E-state index contributed by atoms with van der Waals surface area (Å²) in [6.45, 7) is 9.24. The Bertz CT molecular complexity index is 579. The second-order valence-corrected chi connectivity index (χ2v) is 13.3. The van der Waals surface area contributed by atoms with E-state index in [1.807, 2.05) is 12.1 Å². The van der Waals surface area contributed by atoms with E-state index in [2.05, 4.69) is 24.6 Å². The lowest BCUT2D eigenvalue weighted by Crippen LogP contribution is -2.45. The molecule has 1 spiro atoms. The number of anilines is 1. The molecule has 1 saturated heterocycles. The van der Waals surface area contributed by atoms with Crippen LogP contribution in [-0.2, 0) is 19.7 Å². The Hall–Kier alpha value is -1.24. The highest BCUT2D eigenvalue weighted by Gasteiger charge is 2.52. The van der Waals surface area contributed by atoms with Gasteiger partial charge < -0.3 is 9.47 Å². The van der Waals surface area contributed by atoms with Crippen molar-refractivity contribution < 1.29 is 14.3 Å². The van der Waals surface area contributed by atoms with E-state index in [1.54, 1.807) is 11.1 Å². The number of carbonyl (C=O) groups is 1. The van der Waals surface area contributed by atoms with Gasteiger partial charge in [-0.1, -0.05) is 25.7 Å². The van der Waals surface area contributed by atoms with Crippen LogP contribution in [0.1, 0.15) is 18.4 Å². The first kappa shape index (κ1) is 16.6. The Labute approximate surface area is 139 Å². The minimum Gasteiger partial charge on any atom is -0.381 e. The quantitative estimate of drug-likeness (QED) is 0.614. The van der Waals surface area contributed by atoms with Crippen molar-refractivity contribution in [3.05, 3.63) is 23.9 Å². The molecule has 0 aliphatic carbocycles. The zero-order chi connectivity index (χ0) is 16.5. The summed E-state index contributed by atoms with van der Waals surface area (Å²) in [7, 11) is -1.12. The molecule has 0 aromatic carbocycles. The average molecular weight is 334 g/mol. The molecule has 1 amide bonds. The van der Waals surface area contributed by atoms with Crippen LogP contribution in [0.2, 0.25) is 25.7 Å². The maximum Gasteiger partial charge on any atom is 0.241 e. The molecular weight excluding hydrogens is 308 g/mol. The van der Waals surface area contributed by atoms with Crippen LogP contribution in [0.25, 0.3) is 0 Å². The molecule has 23 heavy (non-hydrogen) atoms. The molecule has 1 fully saturated rings. The molecule has 0 bridgehead atoms. The van der Waals surface area contributed by atoms with E-state index in [1.165, 1.54) is 0 Å². The average Bonchev–Trinajstić information content (AvgIpc) is 2.74. The molecule has 0 saturated carbocycles. The summed E-state index contributed by atoms with van der Waals surface area (Å²) < 4.78 is 11.3. The van der Waals surface area contributed by atoms with Gasteiger partial charge in [0.1, 0.15) is 12.5 Å². The standard InChI is InChI=1S/C17H26N2O3Si/c1-23(2,3)12-11-22-13-19-15-14(5-4-8-18-15)17(16(19)20)6-9-21-10-7-17/h4-5,8H,6-7,9-13H2,1-3H3. The number of nitrogens with zero attached hydrogens (tertiary/aromatic N) is 2. The highest BCUT2D eigenvalue weighted by Crippen LogP contribution is 2.46. The lowest BCUT2D eigenvalue weighted by atomic mass is 9.76. The molecule has 1 aromatic heterocycles. The van der Waals surface area contributed by atoms with Crippen LogP contribution >= 0.6 is 0 Å². The molecule has 126 valence electrons.